The maximum Gasteiger partial charge on any atom is 0.321 e. The van der Waals surface area contributed by atoms with Gasteiger partial charge in [0.1, 0.15) is 5.75 Å². The molecule has 5 nitrogen and oxygen atoms in total. The number of hydrogen-bond acceptors (Lipinski definition) is 3. The molecule has 0 atom stereocenters. The number of carbonyl (C=O) groups is 1. The average Bonchev–Trinajstić information content (AvgIpc) is 2.65. The summed E-state index contributed by atoms with van der Waals surface area (Å²) in [7, 11) is 0. The van der Waals surface area contributed by atoms with E-state index in [1.54, 1.807) is 0 Å². The second kappa shape index (κ2) is 8.55. The molecule has 1 fully saturated rings. The minimum absolute atomic E-state index is 0.0182. The number of piperazine rings is 1. The van der Waals surface area contributed by atoms with Gasteiger partial charge in [-0.25, -0.2) is 4.79 Å². The smallest absolute Gasteiger partial charge is 0.321 e. The van der Waals surface area contributed by atoms with Crippen molar-refractivity contribution in [2.75, 3.05) is 36.4 Å². The molecule has 1 aliphatic rings. The predicted molar refractivity (Wildman–Crippen MR) is 116 cm³/mol. The maximum absolute atomic E-state index is 12.7. The number of benzene rings is 2. The van der Waals surface area contributed by atoms with Crippen LogP contribution < -0.4 is 15.0 Å². The molecule has 0 bridgehead atoms. The summed E-state index contributed by atoms with van der Waals surface area (Å²) in [5.41, 5.74) is 5.52. The van der Waals surface area contributed by atoms with Crippen LogP contribution in [0.4, 0.5) is 16.2 Å². The van der Waals surface area contributed by atoms with Crippen molar-refractivity contribution in [2.45, 2.75) is 40.7 Å². The van der Waals surface area contributed by atoms with Gasteiger partial charge in [-0.3, -0.25) is 0 Å². The zero-order valence-corrected chi connectivity index (χ0v) is 17.6. The largest absolute Gasteiger partial charge is 0.491 e. The number of ether oxygens (including phenoxy) is 1. The number of hydrogen-bond donors (Lipinski definition) is 1. The Hall–Kier alpha value is -2.69. The fraction of sp³-hybridized carbons (Fsp3) is 0.435. The third-order valence-corrected chi connectivity index (χ3v) is 5.05. The molecule has 0 radical (unpaired) electrons. The fourth-order valence-electron chi connectivity index (χ4n) is 3.74. The van der Waals surface area contributed by atoms with Gasteiger partial charge in [-0.05, 0) is 70.0 Å². The third kappa shape index (κ3) is 4.77. The number of urea groups is 1. The maximum atomic E-state index is 12.7. The van der Waals surface area contributed by atoms with E-state index in [-0.39, 0.29) is 12.1 Å². The van der Waals surface area contributed by atoms with E-state index >= 15 is 0 Å². The van der Waals surface area contributed by atoms with E-state index in [1.165, 1.54) is 11.3 Å². The fourth-order valence-corrected chi connectivity index (χ4v) is 3.74. The van der Waals surface area contributed by atoms with Crippen LogP contribution >= 0.6 is 0 Å². The van der Waals surface area contributed by atoms with Crippen molar-refractivity contribution in [2.24, 2.45) is 0 Å². The molecule has 0 saturated carbocycles. The van der Waals surface area contributed by atoms with Gasteiger partial charge >= 0.3 is 6.03 Å². The quantitative estimate of drug-likeness (QED) is 0.831. The van der Waals surface area contributed by atoms with E-state index in [0.29, 0.717) is 13.1 Å². The van der Waals surface area contributed by atoms with Crippen LogP contribution in [0.3, 0.4) is 0 Å². The third-order valence-electron chi connectivity index (χ3n) is 5.05. The lowest BCUT2D eigenvalue weighted by molar-refractivity contribution is 0.208. The number of nitrogens with zero attached hydrogens (tertiary/aromatic N) is 2. The topological polar surface area (TPSA) is 44.8 Å². The molecular weight excluding hydrogens is 350 g/mol. The van der Waals surface area contributed by atoms with Crippen LogP contribution in [0.5, 0.6) is 5.75 Å². The molecular formula is C23H31N3O2. The minimum atomic E-state index is -0.0182. The normalized spacial score (nSPS) is 14.4. The number of rotatable bonds is 4. The molecule has 1 saturated heterocycles. The van der Waals surface area contributed by atoms with E-state index in [4.69, 9.17) is 4.74 Å². The molecule has 5 heteroatoms. The minimum Gasteiger partial charge on any atom is -0.491 e. The molecule has 0 spiro atoms. The number of carbonyl (C=O) groups excluding carboxylic acids is 1. The molecule has 1 N–H and O–H groups in total. The summed E-state index contributed by atoms with van der Waals surface area (Å²) in [6.07, 6.45) is 0.175. The molecule has 2 aromatic carbocycles. The van der Waals surface area contributed by atoms with E-state index < -0.39 is 0 Å². The molecule has 2 aromatic rings. The van der Waals surface area contributed by atoms with E-state index in [1.807, 2.05) is 44.7 Å². The summed E-state index contributed by atoms with van der Waals surface area (Å²) in [5.74, 6) is 0.889. The first-order chi connectivity index (χ1) is 13.3. The SMILES string of the molecule is Cc1cc(C)c(NC(=O)N2CCN(c3ccc(OC(C)C)cc3)CC2)c(C)c1. The summed E-state index contributed by atoms with van der Waals surface area (Å²) < 4.78 is 5.71. The van der Waals surface area contributed by atoms with Crippen LogP contribution in [0.25, 0.3) is 0 Å². The lowest BCUT2D eigenvalue weighted by atomic mass is 10.1. The molecule has 0 aromatic heterocycles. The molecule has 2 amide bonds. The summed E-state index contributed by atoms with van der Waals surface area (Å²) in [6, 6.07) is 12.4. The standard InChI is InChI=1S/C23H31N3O2/c1-16(2)28-21-8-6-20(7-9-21)25-10-12-26(13-11-25)23(27)24-22-18(4)14-17(3)15-19(22)5/h6-9,14-16H,10-13H2,1-5H3,(H,24,27). The lowest BCUT2D eigenvalue weighted by Gasteiger charge is -2.36. The highest BCUT2D eigenvalue weighted by Gasteiger charge is 2.22. The van der Waals surface area contributed by atoms with Gasteiger partial charge in [0.25, 0.3) is 0 Å². The van der Waals surface area contributed by atoms with Crippen molar-refractivity contribution >= 4 is 17.4 Å². The van der Waals surface area contributed by atoms with Crippen LogP contribution in [0, 0.1) is 20.8 Å². The summed E-state index contributed by atoms with van der Waals surface area (Å²) in [5, 5.41) is 3.11. The number of aryl methyl sites for hydroxylation is 3. The van der Waals surface area contributed by atoms with Gasteiger partial charge in [0, 0.05) is 37.6 Å². The second-order valence-electron chi connectivity index (χ2n) is 7.84. The van der Waals surface area contributed by atoms with Gasteiger partial charge in [0.15, 0.2) is 0 Å². The Kier molecular flexibility index (Phi) is 6.12. The highest BCUT2D eigenvalue weighted by atomic mass is 16.5. The molecule has 1 aliphatic heterocycles. The van der Waals surface area contributed by atoms with Crippen molar-refractivity contribution in [3.63, 3.8) is 0 Å². The summed E-state index contributed by atoms with van der Waals surface area (Å²) in [6.45, 7) is 13.3. The molecule has 0 unspecified atom stereocenters. The molecule has 28 heavy (non-hydrogen) atoms. The van der Waals surface area contributed by atoms with Crippen LogP contribution in [-0.2, 0) is 0 Å². The van der Waals surface area contributed by atoms with Gasteiger partial charge in [-0.1, -0.05) is 17.7 Å². The Bertz CT molecular complexity index is 799. The Morgan fingerprint density at radius 1 is 0.964 bits per heavy atom. The Morgan fingerprint density at radius 3 is 2.07 bits per heavy atom. The van der Waals surface area contributed by atoms with Crippen molar-refractivity contribution in [3.05, 3.63) is 53.1 Å². The van der Waals surface area contributed by atoms with Crippen LogP contribution in [-0.4, -0.2) is 43.2 Å². The van der Waals surface area contributed by atoms with Crippen molar-refractivity contribution < 1.29 is 9.53 Å². The second-order valence-corrected chi connectivity index (χ2v) is 7.84. The van der Waals surface area contributed by atoms with Crippen molar-refractivity contribution in [3.8, 4) is 5.75 Å². The number of anilines is 2. The number of amides is 2. The molecule has 150 valence electrons. The Balaban J connectivity index is 1.57. The van der Waals surface area contributed by atoms with Gasteiger partial charge in [0.2, 0.25) is 0 Å². The van der Waals surface area contributed by atoms with Crippen LogP contribution in [0.2, 0.25) is 0 Å². The average molecular weight is 382 g/mol. The Morgan fingerprint density at radius 2 is 1.54 bits per heavy atom. The number of nitrogens with one attached hydrogen (secondary N) is 1. The van der Waals surface area contributed by atoms with Crippen LogP contribution in [0.15, 0.2) is 36.4 Å². The predicted octanol–water partition coefficient (Wildman–Crippen LogP) is 4.75. The zero-order valence-electron chi connectivity index (χ0n) is 17.6. The highest BCUT2D eigenvalue weighted by molar-refractivity contribution is 5.91. The first-order valence-electron chi connectivity index (χ1n) is 9.99. The van der Waals surface area contributed by atoms with E-state index in [2.05, 4.69) is 41.4 Å². The first kappa shape index (κ1) is 20.1. The van der Waals surface area contributed by atoms with Crippen LogP contribution in [0.1, 0.15) is 30.5 Å². The highest BCUT2D eigenvalue weighted by Crippen LogP contribution is 2.24. The van der Waals surface area contributed by atoms with Gasteiger partial charge < -0.3 is 19.9 Å². The van der Waals surface area contributed by atoms with Crippen molar-refractivity contribution in [1.82, 2.24) is 4.90 Å². The summed E-state index contributed by atoms with van der Waals surface area (Å²) >= 11 is 0. The summed E-state index contributed by atoms with van der Waals surface area (Å²) in [4.78, 5) is 16.9. The van der Waals surface area contributed by atoms with E-state index in [0.717, 1.165) is 35.7 Å². The zero-order chi connectivity index (χ0) is 20.3. The van der Waals surface area contributed by atoms with Crippen molar-refractivity contribution in [1.29, 1.82) is 0 Å². The van der Waals surface area contributed by atoms with E-state index in [9.17, 15) is 4.79 Å². The molecule has 0 aliphatic carbocycles. The van der Waals surface area contributed by atoms with Gasteiger partial charge in [-0.15, -0.1) is 0 Å². The van der Waals surface area contributed by atoms with Gasteiger partial charge in [0.05, 0.1) is 6.10 Å². The van der Waals surface area contributed by atoms with Gasteiger partial charge in [-0.2, -0.15) is 0 Å². The first-order valence-corrected chi connectivity index (χ1v) is 9.99. The monoisotopic (exact) mass is 381 g/mol. The molecule has 1 heterocycles. The Labute approximate surface area is 168 Å². The lowest BCUT2D eigenvalue weighted by Crippen LogP contribution is -2.50. The molecule has 3 rings (SSSR count).